The number of unbranched alkanes of at least 4 members (excludes halogenated alkanes) is 8. The molecule has 2 atom stereocenters. The molecule has 0 amide bonds. The Labute approximate surface area is 122 Å². The Morgan fingerprint density at radius 1 is 1.20 bits per heavy atom. The highest BCUT2D eigenvalue weighted by Gasteiger charge is 2.22. The highest BCUT2D eigenvalue weighted by molar-refractivity contribution is 5.84. The van der Waals surface area contributed by atoms with Crippen LogP contribution in [0.4, 0.5) is 0 Å². The molecular formula is C17H28O3. The fourth-order valence-electron chi connectivity index (χ4n) is 2.31. The number of carbonyl (C=O) groups excluding carboxylic acids is 1. The number of esters is 1. The van der Waals surface area contributed by atoms with Crippen molar-refractivity contribution in [3.05, 3.63) is 24.3 Å². The van der Waals surface area contributed by atoms with Crippen LogP contribution in [-0.2, 0) is 9.53 Å². The third-order valence-electron chi connectivity index (χ3n) is 3.57. The number of rotatable bonds is 11. The van der Waals surface area contributed by atoms with Crippen molar-refractivity contribution >= 4 is 5.97 Å². The molecule has 20 heavy (non-hydrogen) atoms. The fraction of sp³-hybridized carbons (Fsp3) is 0.706. The van der Waals surface area contributed by atoms with Gasteiger partial charge in [0, 0.05) is 6.08 Å². The van der Waals surface area contributed by atoms with E-state index in [1.165, 1.54) is 51.0 Å². The number of hydrogen-bond donors (Lipinski definition) is 1. The molecule has 0 spiro atoms. The third-order valence-corrected chi connectivity index (χ3v) is 3.57. The monoisotopic (exact) mass is 280 g/mol. The smallest absolute Gasteiger partial charge is 0.331 e. The van der Waals surface area contributed by atoms with Crippen LogP contribution in [0.3, 0.4) is 0 Å². The minimum absolute atomic E-state index is 0.370. The molecule has 3 nitrogen and oxygen atoms in total. The summed E-state index contributed by atoms with van der Waals surface area (Å²) in [7, 11) is 0. The SMILES string of the molecule is CCCCCCCCCC/C=C\[C@@H](O)[C@@H]1C=CC(=O)O1. The summed E-state index contributed by atoms with van der Waals surface area (Å²) in [5.74, 6) is -0.370. The van der Waals surface area contributed by atoms with Gasteiger partial charge >= 0.3 is 5.97 Å². The Balaban J connectivity index is 1.94. The van der Waals surface area contributed by atoms with Crippen LogP contribution >= 0.6 is 0 Å². The number of aliphatic hydroxyl groups excluding tert-OH is 1. The van der Waals surface area contributed by atoms with Crippen molar-refractivity contribution in [1.29, 1.82) is 0 Å². The second-order valence-electron chi connectivity index (χ2n) is 5.44. The molecule has 1 heterocycles. The molecular weight excluding hydrogens is 252 g/mol. The predicted molar refractivity (Wildman–Crippen MR) is 81.4 cm³/mol. The molecule has 0 saturated heterocycles. The van der Waals surface area contributed by atoms with E-state index in [1.807, 2.05) is 6.08 Å². The third kappa shape index (κ3) is 7.49. The quantitative estimate of drug-likeness (QED) is 0.354. The summed E-state index contributed by atoms with van der Waals surface area (Å²) in [5.41, 5.74) is 0. The molecule has 0 aromatic heterocycles. The number of hydrogen-bond acceptors (Lipinski definition) is 3. The lowest BCUT2D eigenvalue weighted by molar-refractivity contribution is -0.141. The molecule has 0 radical (unpaired) electrons. The summed E-state index contributed by atoms with van der Waals surface area (Å²) in [4.78, 5) is 10.9. The van der Waals surface area contributed by atoms with Crippen molar-refractivity contribution < 1.29 is 14.6 Å². The van der Waals surface area contributed by atoms with Gasteiger partial charge in [-0.25, -0.2) is 4.79 Å². The van der Waals surface area contributed by atoms with Gasteiger partial charge in [-0.3, -0.25) is 0 Å². The molecule has 1 aliphatic heterocycles. The van der Waals surface area contributed by atoms with E-state index in [0.29, 0.717) is 0 Å². The Kier molecular flexibility index (Phi) is 9.05. The largest absolute Gasteiger partial charge is 0.452 e. The first kappa shape index (κ1) is 17.0. The summed E-state index contributed by atoms with van der Waals surface area (Å²) in [5, 5.41) is 9.77. The maximum atomic E-state index is 10.9. The van der Waals surface area contributed by atoms with Gasteiger partial charge in [0.2, 0.25) is 0 Å². The molecule has 0 unspecified atom stereocenters. The minimum Gasteiger partial charge on any atom is -0.452 e. The molecule has 0 aromatic rings. The van der Waals surface area contributed by atoms with Gasteiger partial charge in [-0.2, -0.15) is 0 Å². The molecule has 0 saturated carbocycles. The normalized spacial score (nSPS) is 19.7. The van der Waals surface area contributed by atoms with E-state index in [-0.39, 0.29) is 5.97 Å². The van der Waals surface area contributed by atoms with Gasteiger partial charge in [0.1, 0.15) is 6.10 Å². The fourth-order valence-corrected chi connectivity index (χ4v) is 2.31. The van der Waals surface area contributed by atoms with Crippen LogP contribution in [0.2, 0.25) is 0 Å². The van der Waals surface area contributed by atoms with E-state index in [9.17, 15) is 9.90 Å². The molecule has 0 aliphatic carbocycles. The van der Waals surface area contributed by atoms with Gasteiger partial charge in [0.25, 0.3) is 0 Å². The number of cyclic esters (lactones) is 1. The molecule has 1 rings (SSSR count). The summed E-state index contributed by atoms with van der Waals surface area (Å²) in [6.07, 6.45) is 16.9. The van der Waals surface area contributed by atoms with E-state index in [2.05, 4.69) is 6.92 Å². The van der Waals surface area contributed by atoms with Crippen LogP contribution in [0.1, 0.15) is 64.7 Å². The van der Waals surface area contributed by atoms with Crippen molar-refractivity contribution in [3.8, 4) is 0 Å². The van der Waals surface area contributed by atoms with Gasteiger partial charge < -0.3 is 9.84 Å². The van der Waals surface area contributed by atoms with Crippen molar-refractivity contribution in [3.63, 3.8) is 0 Å². The van der Waals surface area contributed by atoms with Gasteiger partial charge in [0.05, 0.1) is 0 Å². The average Bonchev–Trinajstić information content (AvgIpc) is 2.87. The lowest BCUT2D eigenvalue weighted by Gasteiger charge is -2.11. The van der Waals surface area contributed by atoms with Gasteiger partial charge in [-0.05, 0) is 18.9 Å². The van der Waals surface area contributed by atoms with Crippen LogP contribution in [0, 0.1) is 0 Å². The molecule has 3 heteroatoms. The van der Waals surface area contributed by atoms with Gasteiger partial charge in [-0.15, -0.1) is 0 Å². The van der Waals surface area contributed by atoms with Crippen LogP contribution in [0.15, 0.2) is 24.3 Å². The lowest BCUT2D eigenvalue weighted by Crippen LogP contribution is -2.23. The first-order chi connectivity index (χ1) is 9.74. The van der Waals surface area contributed by atoms with Crippen molar-refractivity contribution in [2.24, 2.45) is 0 Å². The van der Waals surface area contributed by atoms with E-state index < -0.39 is 12.2 Å². The van der Waals surface area contributed by atoms with E-state index >= 15 is 0 Å². The van der Waals surface area contributed by atoms with E-state index in [4.69, 9.17) is 4.74 Å². The van der Waals surface area contributed by atoms with Gasteiger partial charge in [0.15, 0.2) is 6.10 Å². The lowest BCUT2D eigenvalue weighted by atomic mass is 10.1. The molecule has 114 valence electrons. The number of ether oxygens (including phenoxy) is 1. The second-order valence-corrected chi connectivity index (χ2v) is 5.44. The first-order valence-electron chi connectivity index (χ1n) is 7.97. The van der Waals surface area contributed by atoms with Gasteiger partial charge in [-0.1, -0.05) is 64.0 Å². The molecule has 1 N–H and O–H groups in total. The maximum absolute atomic E-state index is 10.9. The van der Waals surface area contributed by atoms with Crippen LogP contribution in [-0.4, -0.2) is 23.3 Å². The highest BCUT2D eigenvalue weighted by Crippen LogP contribution is 2.12. The predicted octanol–water partition coefficient (Wildman–Crippen LogP) is 3.92. The zero-order valence-electron chi connectivity index (χ0n) is 12.6. The molecule has 0 bridgehead atoms. The summed E-state index contributed by atoms with van der Waals surface area (Å²) >= 11 is 0. The molecule has 0 aromatic carbocycles. The van der Waals surface area contributed by atoms with Crippen molar-refractivity contribution in [2.75, 3.05) is 0 Å². The highest BCUT2D eigenvalue weighted by atomic mass is 16.6. The van der Waals surface area contributed by atoms with E-state index in [0.717, 1.165) is 12.8 Å². The molecule has 0 fully saturated rings. The molecule has 1 aliphatic rings. The second kappa shape index (κ2) is 10.7. The Bertz CT molecular complexity index is 320. The van der Waals surface area contributed by atoms with Crippen molar-refractivity contribution in [1.82, 2.24) is 0 Å². The standard InChI is InChI=1S/C17H28O3/c1-2-3-4-5-6-7-8-9-10-11-12-15(18)16-13-14-17(19)20-16/h11-16,18H,2-10H2,1H3/b12-11-/t15-,16+/m1/s1. The van der Waals surface area contributed by atoms with E-state index in [1.54, 1.807) is 12.2 Å². The topological polar surface area (TPSA) is 46.5 Å². The number of carbonyl (C=O) groups is 1. The zero-order valence-corrected chi connectivity index (χ0v) is 12.6. The minimum atomic E-state index is -0.716. The van der Waals surface area contributed by atoms with Crippen molar-refractivity contribution in [2.45, 2.75) is 76.9 Å². The Morgan fingerprint density at radius 2 is 1.85 bits per heavy atom. The average molecular weight is 280 g/mol. The first-order valence-corrected chi connectivity index (χ1v) is 7.97. The summed E-state index contributed by atoms with van der Waals surface area (Å²) in [6.45, 7) is 2.24. The maximum Gasteiger partial charge on any atom is 0.331 e. The zero-order chi connectivity index (χ0) is 14.6. The van der Waals surface area contributed by atoms with Crippen LogP contribution in [0.5, 0.6) is 0 Å². The van der Waals surface area contributed by atoms with Crippen LogP contribution < -0.4 is 0 Å². The van der Waals surface area contributed by atoms with Crippen LogP contribution in [0.25, 0.3) is 0 Å². The Morgan fingerprint density at radius 3 is 2.45 bits per heavy atom. The Hall–Kier alpha value is -1.09. The summed E-state index contributed by atoms with van der Waals surface area (Å²) < 4.78 is 4.91. The number of allylic oxidation sites excluding steroid dienone is 1. The summed E-state index contributed by atoms with van der Waals surface area (Å²) in [6, 6.07) is 0. The number of aliphatic hydroxyl groups is 1.